The molecule has 1 fully saturated rings. The first-order valence-corrected chi connectivity index (χ1v) is 10.6. The summed E-state index contributed by atoms with van der Waals surface area (Å²) in [5.74, 6) is 0.763. The van der Waals surface area contributed by atoms with Crippen LogP contribution in [0.1, 0.15) is 24.0 Å². The predicted molar refractivity (Wildman–Crippen MR) is 92.3 cm³/mol. The quantitative estimate of drug-likeness (QED) is 0.667. The average Bonchev–Trinajstić information content (AvgIpc) is 3.24. The molecule has 0 unspecified atom stereocenters. The second-order valence-corrected chi connectivity index (χ2v) is 8.78. The third-order valence-electron chi connectivity index (χ3n) is 3.34. The molecule has 21 heavy (non-hydrogen) atoms. The summed E-state index contributed by atoms with van der Waals surface area (Å²) in [5.41, 5.74) is 1.95. The molecule has 0 aromatic heterocycles. The zero-order valence-corrected chi connectivity index (χ0v) is 15.5. The van der Waals surface area contributed by atoms with E-state index < -0.39 is 10.0 Å². The highest BCUT2D eigenvalue weighted by molar-refractivity contribution is 9.10. The summed E-state index contributed by atoms with van der Waals surface area (Å²) in [6.45, 7) is 3.08. The molecule has 0 spiro atoms. The molecule has 1 aromatic carbocycles. The van der Waals surface area contributed by atoms with Gasteiger partial charge in [-0.25, -0.2) is 13.1 Å². The summed E-state index contributed by atoms with van der Waals surface area (Å²) in [5, 5.41) is 3.42. The normalized spacial score (nSPS) is 15.4. The predicted octanol–water partition coefficient (Wildman–Crippen LogP) is 2.65. The van der Waals surface area contributed by atoms with Gasteiger partial charge in [0.15, 0.2) is 0 Å². The molecule has 0 heterocycles. The van der Waals surface area contributed by atoms with Gasteiger partial charge in [0, 0.05) is 29.4 Å². The molecule has 2 N–H and O–H groups in total. The minimum absolute atomic E-state index is 0.330. The first-order valence-electron chi connectivity index (χ1n) is 6.95. The van der Waals surface area contributed by atoms with E-state index in [-0.39, 0.29) is 0 Å². The number of benzene rings is 1. The third kappa shape index (κ3) is 4.96. The number of aryl methyl sites for hydroxylation is 1. The van der Waals surface area contributed by atoms with Gasteiger partial charge in [-0.1, -0.05) is 6.07 Å². The van der Waals surface area contributed by atoms with Crippen LogP contribution < -0.4 is 10.0 Å². The molecule has 118 valence electrons. The van der Waals surface area contributed by atoms with E-state index in [1.165, 1.54) is 12.8 Å². The van der Waals surface area contributed by atoms with Crippen LogP contribution in [0.15, 0.2) is 21.5 Å². The Morgan fingerprint density at radius 3 is 2.71 bits per heavy atom. The van der Waals surface area contributed by atoms with Crippen molar-refractivity contribution >= 4 is 37.7 Å². The monoisotopic (exact) mass is 392 g/mol. The van der Waals surface area contributed by atoms with Gasteiger partial charge in [0.2, 0.25) is 10.0 Å². The van der Waals surface area contributed by atoms with Crippen LogP contribution in [0.3, 0.4) is 0 Å². The second kappa shape index (κ2) is 7.46. The number of halogens is 1. The minimum atomic E-state index is -3.47. The Morgan fingerprint density at radius 1 is 1.38 bits per heavy atom. The molecule has 0 amide bonds. The standard InChI is InChI=1S/C14H21BrN2O2S2/c1-10-7-11(9-16-12-3-4-12)8-13(14(10)15)21(18,19)17-5-6-20-2/h7-8,12,16-17H,3-6,9H2,1-2H3. The Labute approximate surface area is 139 Å². The third-order valence-corrected chi connectivity index (χ3v) is 6.75. The Bertz CT molecular complexity index is 601. The van der Waals surface area contributed by atoms with Crippen LogP contribution in [0.25, 0.3) is 0 Å². The van der Waals surface area contributed by atoms with Crippen molar-refractivity contribution in [3.63, 3.8) is 0 Å². The van der Waals surface area contributed by atoms with E-state index in [1.807, 2.05) is 19.2 Å². The van der Waals surface area contributed by atoms with Gasteiger partial charge in [0.05, 0.1) is 4.90 Å². The Morgan fingerprint density at radius 2 is 2.10 bits per heavy atom. The van der Waals surface area contributed by atoms with Gasteiger partial charge in [-0.05, 0) is 59.1 Å². The van der Waals surface area contributed by atoms with E-state index in [9.17, 15) is 8.42 Å². The van der Waals surface area contributed by atoms with E-state index in [4.69, 9.17) is 0 Å². The van der Waals surface area contributed by atoms with Gasteiger partial charge in [-0.2, -0.15) is 11.8 Å². The van der Waals surface area contributed by atoms with Crippen LogP contribution in [0.2, 0.25) is 0 Å². The fourth-order valence-electron chi connectivity index (χ4n) is 2.01. The van der Waals surface area contributed by atoms with Gasteiger partial charge >= 0.3 is 0 Å². The fraction of sp³-hybridized carbons (Fsp3) is 0.571. The molecule has 0 radical (unpaired) electrons. The Hall–Kier alpha value is -0.0800. The molecule has 1 saturated carbocycles. The summed E-state index contributed by atoms with van der Waals surface area (Å²) in [4.78, 5) is 0.330. The summed E-state index contributed by atoms with van der Waals surface area (Å²) >= 11 is 5.02. The van der Waals surface area contributed by atoms with Crippen LogP contribution in [-0.4, -0.2) is 33.0 Å². The summed E-state index contributed by atoms with van der Waals surface area (Å²) in [7, 11) is -3.47. The van der Waals surface area contributed by atoms with Crippen molar-refractivity contribution in [3.8, 4) is 0 Å². The van der Waals surface area contributed by atoms with E-state index in [0.29, 0.717) is 28.5 Å². The highest BCUT2D eigenvalue weighted by Gasteiger charge is 2.22. The molecule has 4 nitrogen and oxygen atoms in total. The maximum absolute atomic E-state index is 12.4. The molecule has 1 aromatic rings. The zero-order chi connectivity index (χ0) is 15.5. The van der Waals surface area contributed by atoms with Crippen LogP contribution in [0, 0.1) is 6.92 Å². The summed E-state index contributed by atoms with van der Waals surface area (Å²) in [6.07, 6.45) is 4.40. The summed E-state index contributed by atoms with van der Waals surface area (Å²) < 4.78 is 28.1. The molecule has 0 bridgehead atoms. The lowest BCUT2D eigenvalue weighted by molar-refractivity contribution is 0.583. The van der Waals surface area contributed by atoms with Gasteiger partial charge in [-0.3, -0.25) is 0 Å². The topological polar surface area (TPSA) is 58.2 Å². The maximum atomic E-state index is 12.4. The minimum Gasteiger partial charge on any atom is -0.310 e. The highest BCUT2D eigenvalue weighted by atomic mass is 79.9. The molecular weight excluding hydrogens is 372 g/mol. The number of rotatable bonds is 8. The lowest BCUT2D eigenvalue weighted by Crippen LogP contribution is -2.27. The van der Waals surface area contributed by atoms with Crippen molar-refractivity contribution in [1.29, 1.82) is 0 Å². The van der Waals surface area contributed by atoms with Crippen molar-refractivity contribution in [2.45, 2.75) is 37.2 Å². The van der Waals surface area contributed by atoms with Crippen molar-refractivity contribution in [2.24, 2.45) is 0 Å². The van der Waals surface area contributed by atoms with Crippen LogP contribution in [0.4, 0.5) is 0 Å². The van der Waals surface area contributed by atoms with E-state index in [2.05, 4.69) is 26.0 Å². The van der Waals surface area contributed by atoms with Crippen LogP contribution in [0.5, 0.6) is 0 Å². The zero-order valence-electron chi connectivity index (χ0n) is 12.3. The SMILES string of the molecule is CSCCNS(=O)(=O)c1cc(CNC2CC2)cc(C)c1Br. The van der Waals surface area contributed by atoms with Gasteiger partial charge in [0.1, 0.15) is 0 Å². The molecular formula is C14H21BrN2O2S2. The van der Waals surface area contributed by atoms with Gasteiger partial charge in [-0.15, -0.1) is 0 Å². The molecule has 7 heteroatoms. The number of hydrogen-bond donors (Lipinski definition) is 2. The van der Waals surface area contributed by atoms with Gasteiger partial charge < -0.3 is 5.32 Å². The maximum Gasteiger partial charge on any atom is 0.241 e. The first kappa shape index (κ1) is 17.3. The molecule has 0 saturated heterocycles. The average molecular weight is 393 g/mol. The van der Waals surface area contributed by atoms with Crippen molar-refractivity contribution < 1.29 is 8.42 Å². The largest absolute Gasteiger partial charge is 0.310 e. The van der Waals surface area contributed by atoms with Crippen molar-refractivity contribution in [2.75, 3.05) is 18.6 Å². The first-order chi connectivity index (χ1) is 9.94. The van der Waals surface area contributed by atoms with E-state index in [1.54, 1.807) is 17.8 Å². The number of nitrogens with one attached hydrogen (secondary N) is 2. The number of sulfonamides is 1. The van der Waals surface area contributed by atoms with E-state index >= 15 is 0 Å². The fourth-order valence-corrected chi connectivity index (χ4v) is 4.55. The Balaban J connectivity index is 2.19. The van der Waals surface area contributed by atoms with E-state index in [0.717, 1.165) is 16.9 Å². The molecule has 0 atom stereocenters. The van der Waals surface area contributed by atoms with Crippen LogP contribution in [-0.2, 0) is 16.6 Å². The molecule has 1 aliphatic carbocycles. The lowest BCUT2D eigenvalue weighted by atomic mass is 10.1. The smallest absolute Gasteiger partial charge is 0.241 e. The molecule has 1 aliphatic rings. The number of thioether (sulfide) groups is 1. The number of hydrogen-bond acceptors (Lipinski definition) is 4. The Kier molecular flexibility index (Phi) is 6.14. The summed E-state index contributed by atoms with van der Waals surface area (Å²) in [6, 6.07) is 4.39. The molecule has 2 rings (SSSR count). The van der Waals surface area contributed by atoms with Crippen LogP contribution >= 0.6 is 27.7 Å². The second-order valence-electron chi connectivity index (χ2n) is 5.27. The molecule has 0 aliphatic heterocycles. The lowest BCUT2D eigenvalue weighted by Gasteiger charge is -2.13. The van der Waals surface area contributed by atoms with Crippen molar-refractivity contribution in [1.82, 2.24) is 10.0 Å². The highest BCUT2D eigenvalue weighted by Crippen LogP contribution is 2.28. The van der Waals surface area contributed by atoms with Crippen molar-refractivity contribution in [3.05, 3.63) is 27.7 Å². The van der Waals surface area contributed by atoms with Gasteiger partial charge in [0.25, 0.3) is 0 Å².